The minimum absolute atomic E-state index is 0.133. The number of hydrogen-bond acceptors (Lipinski definition) is 6. The predicted molar refractivity (Wildman–Crippen MR) is 111 cm³/mol. The average molecular weight is 422 g/mol. The summed E-state index contributed by atoms with van der Waals surface area (Å²) in [6, 6.07) is 14.4. The van der Waals surface area contributed by atoms with Gasteiger partial charge in [0.05, 0.1) is 12.1 Å². The van der Waals surface area contributed by atoms with E-state index in [1.165, 1.54) is 0 Å². The lowest BCUT2D eigenvalue weighted by atomic mass is 10.2. The molecule has 3 aromatic rings. The van der Waals surface area contributed by atoms with Gasteiger partial charge >= 0.3 is 17.8 Å². The third-order valence-corrected chi connectivity index (χ3v) is 4.92. The third-order valence-electron chi connectivity index (χ3n) is 4.92. The maximum atomic E-state index is 11.2. The fourth-order valence-corrected chi connectivity index (χ4v) is 3.54. The summed E-state index contributed by atoms with van der Waals surface area (Å²) in [5, 5.41) is 26.4. The fraction of sp³-hybridized carbons (Fsp3) is 0.182. The number of para-hydroxylation sites is 4. The Morgan fingerprint density at radius 1 is 1.03 bits per heavy atom. The Bertz CT molecular complexity index is 1210. The van der Waals surface area contributed by atoms with E-state index < -0.39 is 11.9 Å². The van der Waals surface area contributed by atoms with Gasteiger partial charge in [-0.2, -0.15) is 4.57 Å². The lowest BCUT2D eigenvalue weighted by Crippen LogP contribution is -2.38. The van der Waals surface area contributed by atoms with Crippen LogP contribution in [0.4, 0.5) is 5.69 Å². The zero-order valence-electron chi connectivity index (χ0n) is 16.4. The lowest BCUT2D eigenvalue weighted by molar-refractivity contribution is -0.677. The van der Waals surface area contributed by atoms with Gasteiger partial charge in [0.2, 0.25) is 11.5 Å². The number of benzene rings is 2. The summed E-state index contributed by atoms with van der Waals surface area (Å²) in [5.74, 6) is -0.850. The molecule has 2 aromatic carbocycles. The summed E-state index contributed by atoms with van der Waals surface area (Å²) in [6.45, 7) is 0.267. The van der Waals surface area contributed by atoms with Gasteiger partial charge < -0.3 is 29.7 Å². The number of carbonyl (C=O) groups is 2. The van der Waals surface area contributed by atoms with Gasteiger partial charge in [-0.25, -0.2) is 0 Å². The highest BCUT2D eigenvalue weighted by molar-refractivity contribution is 6.08. The molecule has 0 amide bonds. The molecule has 2 heterocycles. The van der Waals surface area contributed by atoms with Crippen LogP contribution in [0.15, 0.2) is 58.8 Å². The molecule has 1 aromatic heterocycles. The van der Waals surface area contributed by atoms with Gasteiger partial charge in [-0.05, 0) is 18.2 Å². The minimum Gasteiger partial charge on any atom is -0.481 e. The van der Waals surface area contributed by atoms with E-state index in [0.29, 0.717) is 22.5 Å². The molecule has 0 saturated heterocycles. The second-order valence-corrected chi connectivity index (χ2v) is 6.90. The van der Waals surface area contributed by atoms with Crippen molar-refractivity contribution in [1.29, 1.82) is 5.41 Å². The smallest absolute Gasteiger partial charge is 0.388 e. The third kappa shape index (κ3) is 3.85. The molecule has 31 heavy (non-hydrogen) atoms. The first kappa shape index (κ1) is 20.1. The first-order chi connectivity index (χ1) is 15.0. The standard InChI is InChI=1S/C22H19N3O6/c23-13-14(21-24(11-9-19(26)27)15-5-1-3-7-17(15)30-21)22-25(12-10-20(28)29)16-6-2-4-8-18(16)31-22/h1-8,13,23H,9-12H2,(H-,26,27,28,29)/p+1. The maximum absolute atomic E-state index is 11.2. The molecule has 3 N–H and O–H groups in total. The van der Waals surface area contributed by atoms with E-state index in [9.17, 15) is 19.8 Å². The lowest BCUT2D eigenvalue weighted by Gasteiger charge is -2.18. The Hall–Kier alpha value is -4.14. The van der Waals surface area contributed by atoms with E-state index in [1.807, 2.05) is 24.3 Å². The van der Waals surface area contributed by atoms with Crippen molar-refractivity contribution in [2.75, 3.05) is 11.4 Å². The van der Waals surface area contributed by atoms with Crippen molar-refractivity contribution < 1.29 is 33.5 Å². The van der Waals surface area contributed by atoms with E-state index in [1.54, 1.807) is 33.7 Å². The van der Waals surface area contributed by atoms with Crippen LogP contribution >= 0.6 is 0 Å². The number of allylic oxidation sites excluding steroid dienone is 1. The van der Waals surface area contributed by atoms with Gasteiger partial charge in [-0.1, -0.05) is 24.3 Å². The molecule has 0 spiro atoms. The van der Waals surface area contributed by atoms with Gasteiger partial charge in [0, 0.05) is 18.8 Å². The highest BCUT2D eigenvalue weighted by atomic mass is 16.5. The van der Waals surface area contributed by atoms with Crippen LogP contribution in [-0.4, -0.2) is 34.9 Å². The number of hydrogen-bond donors (Lipinski definition) is 3. The Labute approximate surface area is 176 Å². The molecule has 4 rings (SSSR count). The monoisotopic (exact) mass is 422 g/mol. The molecular weight excluding hydrogens is 402 g/mol. The Balaban J connectivity index is 1.88. The first-order valence-corrected chi connectivity index (χ1v) is 9.64. The number of aromatic nitrogens is 1. The number of oxazole rings is 1. The molecule has 0 aliphatic carbocycles. The highest BCUT2D eigenvalue weighted by Gasteiger charge is 2.35. The molecule has 0 unspecified atom stereocenters. The number of carboxylic acid groups (broad SMARTS) is 2. The fourth-order valence-electron chi connectivity index (χ4n) is 3.54. The second kappa shape index (κ2) is 8.31. The molecule has 9 heteroatoms. The predicted octanol–water partition coefficient (Wildman–Crippen LogP) is 2.89. The largest absolute Gasteiger partial charge is 0.481 e. The number of nitrogens with zero attached hydrogens (tertiary/aromatic N) is 2. The van der Waals surface area contributed by atoms with Crippen LogP contribution in [0, 0.1) is 5.41 Å². The molecule has 0 saturated carbocycles. The summed E-state index contributed by atoms with van der Waals surface area (Å²) in [4.78, 5) is 24.1. The van der Waals surface area contributed by atoms with Crippen LogP contribution in [-0.2, 0) is 16.1 Å². The van der Waals surface area contributed by atoms with Crippen molar-refractivity contribution >= 4 is 40.5 Å². The number of nitrogens with one attached hydrogen (secondary N) is 1. The van der Waals surface area contributed by atoms with Gasteiger partial charge in [0.1, 0.15) is 6.42 Å². The summed E-state index contributed by atoms with van der Waals surface area (Å²) in [5.41, 5.74) is 2.19. The van der Waals surface area contributed by atoms with Gasteiger partial charge in [-0.15, -0.1) is 0 Å². The minimum atomic E-state index is -0.958. The van der Waals surface area contributed by atoms with Crippen molar-refractivity contribution in [3.05, 3.63) is 60.3 Å². The number of anilines is 1. The molecule has 1 aliphatic heterocycles. The Kier molecular flexibility index (Phi) is 5.40. The average Bonchev–Trinajstić information content (AvgIpc) is 3.29. The van der Waals surface area contributed by atoms with Crippen molar-refractivity contribution in [3.63, 3.8) is 0 Å². The van der Waals surface area contributed by atoms with E-state index >= 15 is 0 Å². The van der Waals surface area contributed by atoms with Gasteiger partial charge in [0.25, 0.3) is 5.52 Å². The van der Waals surface area contributed by atoms with E-state index in [-0.39, 0.29) is 43.3 Å². The number of fused-ring (bicyclic) bond motifs is 2. The Morgan fingerprint density at radius 3 is 2.48 bits per heavy atom. The number of carboxylic acids is 2. The normalized spacial score (nSPS) is 14.3. The van der Waals surface area contributed by atoms with E-state index in [2.05, 4.69) is 0 Å². The SMILES string of the molecule is N=C/C(=C1/Oc2ccccc2N1CCC(=O)O)c1oc2ccccc2[n+]1CCC(=O)O. The Morgan fingerprint density at radius 2 is 1.74 bits per heavy atom. The van der Waals surface area contributed by atoms with Crippen LogP contribution < -0.4 is 14.2 Å². The van der Waals surface area contributed by atoms with Gasteiger partial charge in [-0.3, -0.25) is 9.59 Å². The number of ether oxygens (including phenoxy) is 1. The molecule has 9 nitrogen and oxygen atoms in total. The maximum Gasteiger partial charge on any atom is 0.388 e. The van der Waals surface area contributed by atoms with Crippen molar-refractivity contribution in [1.82, 2.24) is 0 Å². The van der Waals surface area contributed by atoms with E-state index in [4.69, 9.17) is 14.6 Å². The van der Waals surface area contributed by atoms with Crippen LogP contribution in [0.5, 0.6) is 5.75 Å². The molecule has 1 aliphatic rings. The van der Waals surface area contributed by atoms with Gasteiger partial charge in [0.15, 0.2) is 17.9 Å². The molecule has 0 bridgehead atoms. The van der Waals surface area contributed by atoms with Crippen molar-refractivity contribution in [3.8, 4) is 5.75 Å². The molecule has 0 fully saturated rings. The molecular formula is C22H20N3O6+. The summed E-state index contributed by atoms with van der Waals surface area (Å²) in [7, 11) is 0. The summed E-state index contributed by atoms with van der Waals surface area (Å²) in [6.07, 6.45) is 0.807. The van der Waals surface area contributed by atoms with E-state index in [0.717, 1.165) is 6.21 Å². The zero-order chi connectivity index (χ0) is 22.0. The number of aliphatic carboxylic acids is 2. The quantitative estimate of drug-likeness (QED) is 0.376. The molecule has 0 radical (unpaired) electrons. The summed E-state index contributed by atoms with van der Waals surface area (Å²) < 4.78 is 13.7. The highest BCUT2D eigenvalue weighted by Crippen LogP contribution is 2.41. The number of rotatable bonds is 8. The number of aryl methyl sites for hydroxylation is 1. The molecule has 158 valence electrons. The van der Waals surface area contributed by atoms with Crippen molar-refractivity contribution in [2.24, 2.45) is 0 Å². The molecule has 0 atom stereocenters. The summed E-state index contributed by atoms with van der Waals surface area (Å²) >= 11 is 0. The van der Waals surface area contributed by atoms with Crippen molar-refractivity contribution in [2.45, 2.75) is 19.4 Å². The van der Waals surface area contributed by atoms with Crippen LogP contribution in [0.2, 0.25) is 0 Å². The van der Waals surface area contributed by atoms with Crippen LogP contribution in [0.1, 0.15) is 18.7 Å². The first-order valence-electron chi connectivity index (χ1n) is 9.64. The van der Waals surface area contributed by atoms with Crippen LogP contribution in [0.25, 0.3) is 16.7 Å². The zero-order valence-corrected chi connectivity index (χ0v) is 16.4. The van der Waals surface area contributed by atoms with Crippen LogP contribution in [0.3, 0.4) is 0 Å². The second-order valence-electron chi connectivity index (χ2n) is 6.90. The topological polar surface area (TPSA) is 128 Å².